The molecule has 4 heteroatoms. The molecule has 2 aromatic heterocycles. The first-order valence-electron chi connectivity index (χ1n) is 4.94. The summed E-state index contributed by atoms with van der Waals surface area (Å²) in [6.07, 6.45) is 3.29. The van der Waals surface area contributed by atoms with Crippen LogP contribution < -0.4 is 0 Å². The molecular formula is C11H9ClN2S. The summed E-state index contributed by atoms with van der Waals surface area (Å²) in [7, 11) is 0. The van der Waals surface area contributed by atoms with Crippen LogP contribution in [0, 0.1) is 0 Å². The van der Waals surface area contributed by atoms with Gasteiger partial charge in [0.05, 0.1) is 10.6 Å². The van der Waals surface area contributed by atoms with E-state index in [0.717, 1.165) is 24.2 Å². The molecule has 1 aliphatic rings. The SMILES string of the molecule is Clc1nc2c(c(-c3cccs3)n1)CCC2. The summed E-state index contributed by atoms with van der Waals surface area (Å²) >= 11 is 7.63. The van der Waals surface area contributed by atoms with Gasteiger partial charge in [-0.25, -0.2) is 9.97 Å². The smallest absolute Gasteiger partial charge is 0.223 e. The Balaban J connectivity index is 2.23. The number of fused-ring (bicyclic) bond motifs is 1. The molecule has 15 heavy (non-hydrogen) atoms. The van der Waals surface area contributed by atoms with Gasteiger partial charge < -0.3 is 0 Å². The molecule has 0 unspecified atom stereocenters. The van der Waals surface area contributed by atoms with Crippen molar-refractivity contribution in [3.05, 3.63) is 34.1 Å². The Morgan fingerprint density at radius 3 is 3.00 bits per heavy atom. The van der Waals surface area contributed by atoms with Crippen molar-refractivity contribution in [3.63, 3.8) is 0 Å². The molecule has 3 rings (SSSR count). The minimum Gasteiger partial charge on any atom is -0.223 e. The van der Waals surface area contributed by atoms with Gasteiger partial charge in [-0.05, 0) is 42.3 Å². The summed E-state index contributed by atoms with van der Waals surface area (Å²) in [5.41, 5.74) is 3.47. The Hall–Kier alpha value is -0.930. The van der Waals surface area contributed by atoms with Crippen molar-refractivity contribution >= 4 is 22.9 Å². The third-order valence-electron chi connectivity index (χ3n) is 2.66. The third kappa shape index (κ3) is 1.56. The van der Waals surface area contributed by atoms with Crippen LogP contribution in [0.5, 0.6) is 0 Å². The normalized spacial score (nSPS) is 14.2. The lowest BCUT2D eigenvalue weighted by Crippen LogP contribution is -1.96. The van der Waals surface area contributed by atoms with Gasteiger partial charge in [-0.2, -0.15) is 0 Å². The van der Waals surface area contributed by atoms with Crippen LogP contribution in [0.25, 0.3) is 10.6 Å². The van der Waals surface area contributed by atoms with Crippen LogP contribution in [0.4, 0.5) is 0 Å². The first-order valence-corrected chi connectivity index (χ1v) is 6.19. The van der Waals surface area contributed by atoms with Crippen molar-refractivity contribution in [1.29, 1.82) is 0 Å². The highest BCUT2D eigenvalue weighted by Crippen LogP contribution is 2.33. The molecule has 0 saturated carbocycles. The zero-order valence-electron chi connectivity index (χ0n) is 8.03. The Bertz CT molecular complexity index is 494. The van der Waals surface area contributed by atoms with Crippen LogP contribution in [0.15, 0.2) is 17.5 Å². The first-order chi connectivity index (χ1) is 7.34. The number of thiophene rings is 1. The Kier molecular flexibility index (Phi) is 2.22. The predicted molar refractivity (Wildman–Crippen MR) is 62.4 cm³/mol. The van der Waals surface area contributed by atoms with E-state index < -0.39 is 0 Å². The molecule has 0 spiro atoms. The molecule has 0 aliphatic heterocycles. The highest BCUT2D eigenvalue weighted by molar-refractivity contribution is 7.13. The fraction of sp³-hybridized carbons (Fsp3) is 0.273. The van der Waals surface area contributed by atoms with E-state index in [1.165, 1.54) is 16.9 Å². The van der Waals surface area contributed by atoms with E-state index in [-0.39, 0.29) is 0 Å². The van der Waals surface area contributed by atoms with Crippen molar-refractivity contribution in [2.45, 2.75) is 19.3 Å². The zero-order chi connectivity index (χ0) is 10.3. The molecule has 76 valence electrons. The van der Waals surface area contributed by atoms with Crippen LogP contribution in [-0.2, 0) is 12.8 Å². The highest BCUT2D eigenvalue weighted by atomic mass is 35.5. The van der Waals surface area contributed by atoms with E-state index in [4.69, 9.17) is 11.6 Å². The van der Waals surface area contributed by atoms with E-state index in [1.54, 1.807) is 11.3 Å². The summed E-state index contributed by atoms with van der Waals surface area (Å²) in [6.45, 7) is 0. The maximum absolute atomic E-state index is 5.93. The number of hydrogen-bond donors (Lipinski definition) is 0. The van der Waals surface area contributed by atoms with Gasteiger partial charge in [0.2, 0.25) is 5.28 Å². The fourth-order valence-corrected chi connectivity index (χ4v) is 2.95. The first kappa shape index (κ1) is 9.31. The van der Waals surface area contributed by atoms with Crippen molar-refractivity contribution in [1.82, 2.24) is 9.97 Å². The van der Waals surface area contributed by atoms with E-state index in [1.807, 2.05) is 6.07 Å². The van der Waals surface area contributed by atoms with Crippen molar-refractivity contribution in [2.24, 2.45) is 0 Å². The Morgan fingerprint density at radius 2 is 2.20 bits per heavy atom. The summed E-state index contributed by atoms with van der Waals surface area (Å²) in [4.78, 5) is 9.83. The molecule has 0 fully saturated rings. The quantitative estimate of drug-likeness (QED) is 0.710. The van der Waals surface area contributed by atoms with E-state index in [0.29, 0.717) is 5.28 Å². The molecule has 0 aromatic carbocycles. The lowest BCUT2D eigenvalue weighted by atomic mass is 10.1. The maximum Gasteiger partial charge on any atom is 0.223 e. The van der Waals surface area contributed by atoms with E-state index >= 15 is 0 Å². The molecule has 0 saturated heterocycles. The minimum atomic E-state index is 0.374. The molecule has 2 nitrogen and oxygen atoms in total. The Morgan fingerprint density at radius 1 is 1.27 bits per heavy atom. The van der Waals surface area contributed by atoms with E-state index in [9.17, 15) is 0 Å². The monoisotopic (exact) mass is 236 g/mol. The second-order valence-corrected chi connectivity index (χ2v) is 4.88. The van der Waals surface area contributed by atoms with Crippen LogP contribution in [0.3, 0.4) is 0 Å². The second-order valence-electron chi connectivity index (χ2n) is 3.60. The largest absolute Gasteiger partial charge is 0.223 e. The maximum atomic E-state index is 5.93. The predicted octanol–water partition coefficient (Wildman–Crippen LogP) is 3.35. The van der Waals surface area contributed by atoms with Crippen molar-refractivity contribution < 1.29 is 0 Å². The summed E-state index contributed by atoms with van der Waals surface area (Å²) in [6, 6.07) is 4.12. The average molecular weight is 237 g/mol. The topological polar surface area (TPSA) is 25.8 Å². The number of halogens is 1. The van der Waals surface area contributed by atoms with Gasteiger partial charge in [0.25, 0.3) is 0 Å². The summed E-state index contributed by atoms with van der Waals surface area (Å²) in [5.74, 6) is 0. The minimum absolute atomic E-state index is 0.374. The lowest BCUT2D eigenvalue weighted by molar-refractivity contribution is 0.899. The molecule has 0 bridgehead atoms. The number of hydrogen-bond acceptors (Lipinski definition) is 3. The molecular weight excluding hydrogens is 228 g/mol. The van der Waals surface area contributed by atoms with Gasteiger partial charge in [0.15, 0.2) is 0 Å². The third-order valence-corrected chi connectivity index (χ3v) is 3.71. The van der Waals surface area contributed by atoms with Crippen LogP contribution in [0.1, 0.15) is 17.7 Å². The van der Waals surface area contributed by atoms with Crippen LogP contribution in [0.2, 0.25) is 5.28 Å². The molecule has 0 amide bonds. The summed E-state index contributed by atoms with van der Waals surface area (Å²) in [5, 5.41) is 2.44. The van der Waals surface area contributed by atoms with Gasteiger partial charge >= 0.3 is 0 Å². The van der Waals surface area contributed by atoms with Crippen molar-refractivity contribution in [3.8, 4) is 10.6 Å². The number of aromatic nitrogens is 2. The average Bonchev–Trinajstić information content (AvgIpc) is 2.86. The highest BCUT2D eigenvalue weighted by Gasteiger charge is 2.19. The molecule has 2 heterocycles. The molecule has 0 atom stereocenters. The molecule has 1 aliphatic carbocycles. The number of rotatable bonds is 1. The van der Waals surface area contributed by atoms with Gasteiger partial charge in [0, 0.05) is 11.3 Å². The second kappa shape index (κ2) is 3.58. The molecule has 0 radical (unpaired) electrons. The van der Waals surface area contributed by atoms with Crippen LogP contribution in [-0.4, -0.2) is 9.97 Å². The lowest BCUT2D eigenvalue weighted by Gasteiger charge is -2.05. The van der Waals surface area contributed by atoms with Crippen LogP contribution >= 0.6 is 22.9 Å². The Labute approximate surface area is 97.0 Å². The molecule has 0 N–H and O–H groups in total. The number of aryl methyl sites for hydroxylation is 1. The molecule has 2 aromatic rings. The van der Waals surface area contributed by atoms with E-state index in [2.05, 4.69) is 21.4 Å². The van der Waals surface area contributed by atoms with Crippen molar-refractivity contribution in [2.75, 3.05) is 0 Å². The standard InChI is InChI=1S/C11H9ClN2S/c12-11-13-8-4-1-3-7(8)10(14-11)9-5-2-6-15-9/h2,5-6H,1,3-4H2. The fourth-order valence-electron chi connectivity index (χ4n) is 2.02. The zero-order valence-corrected chi connectivity index (χ0v) is 9.61. The summed E-state index contributed by atoms with van der Waals surface area (Å²) < 4.78 is 0. The van der Waals surface area contributed by atoms with Gasteiger partial charge in [0.1, 0.15) is 0 Å². The van der Waals surface area contributed by atoms with Gasteiger partial charge in [-0.15, -0.1) is 11.3 Å². The number of nitrogens with zero attached hydrogens (tertiary/aromatic N) is 2. The van der Waals surface area contributed by atoms with Gasteiger partial charge in [-0.1, -0.05) is 6.07 Å². The van der Waals surface area contributed by atoms with Gasteiger partial charge in [-0.3, -0.25) is 0 Å².